The minimum absolute atomic E-state index is 0. The first kappa shape index (κ1) is 14.5. The van der Waals surface area contributed by atoms with Crippen LogP contribution < -0.4 is 35.0 Å². The number of aromatic nitrogens is 3. The number of nitrogens with zero attached hydrogens (tertiary/aromatic N) is 4. The predicted molar refractivity (Wildman–Crippen MR) is 72.2 cm³/mol. The molecule has 6 nitrogen and oxygen atoms in total. The number of hydrogen-bond acceptors (Lipinski definition) is 5. The van der Waals surface area contributed by atoms with E-state index in [0.717, 1.165) is 16.5 Å². The summed E-state index contributed by atoms with van der Waals surface area (Å²) in [4.78, 5) is 23.2. The minimum Gasteiger partial charge on any atom is -0.264 e. The topological polar surface area (TPSA) is 80.1 Å². The molecule has 2 heterocycles. The summed E-state index contributed by atoms with van der Waals surface area (Å²) < 4.78 is 0. The van der Waals surface area contributed by atoms with Crippen LogP contribution >= 0.6 is 0 Å². The van der Waals surface area contributed by atoms with E-state index in [1.807, 2.05) is 30.3 Å². The molecule has 3 aromatic rings. The second-order valence-electron chi connectivity index (χ2n) is 3.86. The van der Waals surface area contributed by atoms with E-state index in [-0.39, 0.29) is 29.6 Å². The van der Waals surface area contributed by atoms with E-state index in [9.17, 15) is 4.91 Å². The van der Waals surface area contributed by atoms with Crippen molar-refractivity contribution in [3.05, 3.63) is 53.7 Å². The minimum atomic E-state index is 0. The normalized spacial score (nSPS) is 9.80. The first-order valence-corrected chi connectivity index (χ1v) is 5.64. The van der Waals surface area contributed by atoms with Gasteiger partial charge in [0.1, 0.15) is 0 Å². The van der Waals surface area contributed by atoms with Crippen molar-refractivity contribution in [3.8, 4) is 11.4 Å². The van der Waals surface area contributed by atoms with Gasteiger partial charge in [0.15, 0.2) is 11.6 Å². The summed E-state index contributed by atoms with van der Waals surface area (Å²) in [7, 11) is 0. The summed E-state index contributed by atoms with van der Waals surface area (Å²) in [6.45, 7) is 0. The Morgan fingerprint density at radius 2 is 1.90 bits per heavy atom. The Kier molecular flexibility index (Phi) is 4.73. The first-order valence-electron chi connectivity index (χ1n) is 5.64. The van der Waals surface area contributed by atoms with Crippen LogP contribution in [-0.4, -0.2) is 15.0 Å². The summed E-state index contributed by atoms with van der Waals surface area (Å²) in [5.74, 6) is 0.886. The molecule has 0 aliphatic carbocycles. The molecule has 0 atom stereocenters. The van der Waals surface area contributed by atoms with E-state index in [2.05, 4.69) is 25.7 Å². The third-order valence-corrected chi connectivity index (χ3v) is 2.67. The number of hydrogen-bond donors (Lipinski definition) is 1. The van der Waals surface area contributed by atoms with Crippen molar-refractivity contribution in [2.45, 2.75) is 0 Å². The van der Waals surface area contributed by atoms with Crippen molar-refractivity contribution < 1.29 is 29.6 Å². The summed E-state index contributed by atoms with van der Waals surface area (Å²) in [6, 6.07) is 11.1. The predicted octanol–water partition coefficient (Wildman–Crippen LogP) is -0.211. The van der Waals surface area contributed by atoms with Gasteiger partial charge in [-0.05, 0) is 24.3 Å². The summed E-state index contributed by atoms with van der Waals surface area (Å²) >= 11 is 0. The maximum absolute atomic E-state index is 10.4. The van der Waals surface area contributed by atoms with E-state index >= 15 is 0 Å². The van der Waals surface area contributed by atoms with Gasteiger partial charge >= 0.3 is 29.6 Å². The van der Waals surface area contributed by atoms with Gasteiger partial charge in [0.2, 0.25) is 0 Å². The van der Waals surface area contributed by atoms with Crippen LogP contribution in [-0.2, 0) is 0 Å². The van der Waals surface area contributed by atoms with Gasteiger partial charge in [-0.25, -0.2) is 15.4 Å². The van der Waals surface area contributed by atoms with Gasteiger partial charge in [0, 0.05) is 23.3 Å². The maximum atomic E-state index is 10.4. The van der Waals surface area contributed by atoms with Gasteiger partial charge < -0.3 is 0 Å². The van der Waals surface area contributed by atoms with Crippen molar-refractivity contribution in [3.63, 3.8) is 0 Å². The molecule has 1 N–H and O–H groups in total. The van der Waals surface area contributed by atoms with E-state index < -0.39 is 0 Å². The van der Waals surface area contributed by atoms with Crippen molar-refractivity contribution in [2.24, 2.45) is 5.29 Å². The second kappa shape index (κ2) is 6.51. The van der Waals surface area contributed by atoms with E-state index in [1.54, 1.807) is 18.5 Å². The maximum Gasteiger partial charge on any atom is 1.00 e. The fourth-order valence-electron chi connectivity index (χ4n) is 1.83. The Hall–Kier alpha value is -1.89. The third kappa shape index (κ3) is 2.82. The smallest absolute Gasteiger partial charge is 0.264 e. The van der Waals surface area contributed by atoms with Crippen molar-refractivity contribution in [1.82, 2.24) is 15.0 Å². The number of anilines is 1. The zero-order valence-corrected chi connectivity index (χ0v) is 12.8. The summed E-state index contributed by atoms with van der Waals surface area (Å²) in [5, 5.41) is 3.43. The number of nitroso groups, excluding NO2 is 1. The van der Waals surface area contributed by atoms with Gasteiger partial charge in [-0.3, -0.25) is 4.98 Å². The molecule has 0 aliphatic heterocycles. The number of fused-ring (bicyclic) bond motifs is 1. The SMILES string of the molecule is O=NNc1nc(-c2cccnc2)nc2ccccc12.[Na+]. The number of pyridine rings is 1. The Bertz CT molecular complexity index is 735. The van der Waals surface area contributed by atoms with Crippen LogP contribution in [0.1, 0.15) is 0 Å². The van der Waals surface area contributed by atoms with Gasteiger partial charge in [-0.2, -0.15) is 0 Å². The standard InChI is InChI=1S/C13H9N5O.Na/c19-18-17-13-10-5-1-2-6-11(10)15-12(16-13)9-4-3-7-14-8-9;/h1-8H,(H,15,16,17,19);/q;+1. The Morgan fingerprint density at radius 1 is 1.05 bits per heavy atom. The zero-order chi connectivity index (χ0) is 13.1. The molecule has 3 rings (SSSR count). The molecule has 92 valence electrons. The molecule has 0 radical (unpaired) electrons. The molecule has 1 aromatic carbocycles. The van der Waals surface area contributed by atoms with Crippen LogP contribution in [0.2, 0.25) is 0 Å². The summed E-state index contributed by atoms with van der Waals surface area (Å²) in [5.41, 5.74) is 3.88. The van der Waals surface area contributed by atoms with Gasteiger partial charge in [0.05, 0.1) is 10.8 Å². The van der Waals surface area contributed by atoms with Gasteiger partial charge in [0.25, 0.3) is 0 Å². The van der Waals surface area contributed by atoms with E-state index in [1.165, 1.54) is 0 Å². The molecular weight excluding hydrogens is 265 g/mol. The largest absolute Gasteiger partial charge is 1.00 e. The number of benzene rings is 1. The molecule has 0 saturated carbocycles. The Morgan fingerprint density at radius 3 is 2.65 bits per heavy atom. The van der Waals surface area contributed by atoms with Crippen molar-refractivity contribution in [2.75, 3.05) is 5.43 Å². The van der Waals surface area contributed by atoms with Crippen LogP contribution in [0.3, 0.4) is 0 Å². The molecule has 0 fully saturated rings. The Labute approximate surface area is 136 Å². The molecule has 7 heteroatoms. The number of nitrogens with one attached hydrogen (secondary N) is 1. The molecule has 0 bridgehead atoms. The van der Waals surface area contributed by atoms with E-state index in [4.69, 9.17) is 0 Å². The van der Waals surface area contributed by atoms with Gasteiger partial charge in [-0.15, -0.1) is 4.91 Å². The van der Waals surface area contributed by atoms with Crippen LogP contribution in [0.15, 0.2) is 54.1 Å². The Balaban J connectivity index is 0.00000147. The first-order chi connectivity index (χ1) is 9.38. The fourth-order valence-corrected chi connectivity index (χ4v) is 1.83. The monoisotopic (exact) mass is 274 g/mol. The molecule has 0 amide bonds. The molecular formula is C13H9N5NaO+. The number of para-hydroxylation sites is 1. The van der Waals surface area contributed by atoms with Gasteiger partial charge in [-0.1, -0.05) is 12.1 Å². The number of rotatable bonds is 3. The molecule has 2 aromatic heterocycles. The van der Waals surface area contributed by atoms with Crippen LogP contribution in [0, 0.1) is 4.91 Å². The van der Waals surface area contributed by atoms with Crippen LogP contribution in [0.5, 0.6) is 0 Å². The fraction of sp³-hybridized carbons (Fsp3) is 0. The van der Waals surface area contributed by atoms with E-state index in [0.29, 0.717) is 11.6 Å². The third-order valence-electron chi connectivity index (χ3n) is 2.67. The average Bonchev–Trinajstić information content (AvgIpc) is 2.48. The molecule has 0 aliphatic rings. The van der Waals surface area contributed by atoms with Crippen molar-refractivity contribution >= 4 is 16.7 Å². The molecule has 20 heavy (non-hydrogen) atoms. The molecule has 0 spiro atoms. The average molecular weight is 274 g/mol. The van der Waals surface area contributed by atoms with Crippen LogP contribution in [0.4, 0.5) is 5.82 Å². The quantitative estimate of drug-likeness (QED) is 0.406. The van der Waals surface area contributed by atoms with Crippen molar-refractivity contribution in [1.29, 1.82) is 0 Å². The van der Waals surface area contributed by atoms with Crippen LogP contribution in [0.25, 0.3) is 22.3 Å². The molecule has 0 saturated heterocycles. The summed E-state index contributed by atoms with van der Waals surface area (Å²) in [6.07, 6.45) is 3.35. The zero-order valence-electron chi connectivity index (χ0n) is 10.8. The second-order valence-corrected chi connectivity index (χ2v) is 3.86. The molecule has 0 unspecified atom stereocenters.